The maximum atomic E-state index is 12.4. The minimum Gasteiger partial charge on any atom is -0.464 e. The highest BCUT2D eigenvalue weighted by Gasteiger charge is 2.39. The van der Waals surface area contributed by atoms with Crippen LogP contribution in [0.4, 0.5) is 0 Å². The van der Waals surface area contributed by atoms with Crippen molar-refractivity contribution in [2.75, 3.05) is 6.61 Å². The van der Waals surface area contributed by atoms with Crippen molar-refractivity contribution in [3.05, 3.63) is 35.9 Å². The van der Waals surface area contributed by atoms with Crippen LogP contribution in [0.2, 0.25) is 0 Å². The average molecular weight is 273 g/mol. The third kappa shape index (κ3) is 3.69. The van der Waals surface area contributed by atoms with Gasteiger partial charge in [-0.05, 0) is 25.3 Å². The molecule has 20 heavy (non-hydrogen) atoms. The second kappa shape index (κ2) is 7.22. The Balaban J connectivity index is 2.21. The topological polar surface area (TPSA) is 38.7 Å². The van der Waals surface area contributed by atoms with Crippen molar-refractivity contribution in [1.29, 1.82) is 0 Å². The Hall–Kier alpha value is -1.64. The van der Waals surface area contributed by atoms with Gasteiger partial charge in [0.25, 0.3) is 0 Å². The van der Waals surface area contributed by atoms with E-state index in [1.807, 2.05) is 43.5 Å². The molecular formula is C17H23NO2. The van der Waals surface area contributed by atoms with Gasteiger partial charge in [0.15, 0.2) is 5.54 Å². The number of hydrogen-bond acceptors (Lipinski definition) is 3. The first kappa shape index (κ1) is 14.8. The third-order valence-electron chi connectivity index (χ3n) is 3.85. The molecule has 0 aromatic heterocycles. The molecular weight excluding hydrogens is 250 g/mol. The summed E-state index contributed by atoms with van der Waals surface area (Å²) < 4.78 is 5.28. The molecule has 0 bridgehead atoms. The monoisotopic (exact) mass is 273 g/mol. The molecule has 3 nitrogen and oxygen atoms in total. The van der Waals surface area contributed by atoms with Crippen molar-refractivity contribution in [2.45, 2.75) is 51.0 Å². The summed E-state index contributed by atoms with van der Waals surface area (Å²) >= 11 is 0. The highest BCUT2D eigenvalue weighted by molar-refractivity contribution is 5.87. The zero-order valence-electron chi connectivity index (χ0n) is 12.2. The highest BCUT2D eigenvalue weighted by atomic mass is 16.5. The summed E-state index contributed by atoms with van der Waals surface area (Å²) in [5.74, 6) is -0.158. The summed E-state index contributed by atoms with van der Waals surface area (Å²) in [5.41, 5.74) is 0.364. The van der Waals surface area contributed by atoms with E-state index in [1.54, 1.807) is 0 Å². The SMILES string of the molecule is CCOC(=O)C1(N=Cc2ccccc2)CCCCCC1. The normalized spacial score (nSPS) is 18.6. The highest BCUT2D eigenvalue weighted by Crippen LogP contribution is 2.32. The number of rotatable bonds is 4. The van der Waals surface area contributed by atoms with E-state index in [0.29, 0.717) is 6.61 Å². The molecule has 0 saturated heterocycles. The molecule has 0 N–H and O–H groups in total. The van der Waals surface area contributed by atoms with E-state index in [9.17, 15) is 4.79 Å². The van der Waals surface area contributed by atoms with Gasteiger partial charge in [0.2, 0.25) is 0 Å². The van der Waals surface area contributed by atoms with E-state index in [2.05, 4.69) is 4.99 Å². The third-order valence-corrected chi connectivity index (χ3v) is 3.85. The molecule has 0 amide bonds. The van der Waals surface area contributed by atoms with Gasteiger partial charge in [0.1, 0.15) is 0 Å². The van der Waals surface area contributed by atoms with E-state index < -0.39 is 5.54 Å². The predicted molar refractivity (Wildman–Crippen MR) is 81.1 cm³/mol. The summed E-state index contributed by atoms with van der Waals surface area (Å²) in [6, 6.07) is 9.93. The molecule has 1 aromatic carbocycles. The number of aliphatic imine (C=N–C) groups is 1. The fourth-order valence-corrected chi connectivity index (χ4v) is 2.70. The van der Waals surface area contributed by atoms with E-state index in [4.69, 9.17) is 4.74 Å². The minimum atomic E-state index is -0.664. The van der Waals surface area contributed by atoms with Gasteiger partial charge in [-0.25, -0.2) is 4.79 Å². The zero-order chi connectivity index (χ0) is 14.3. The molecule has 3 heteroatoms. The van der Waals surface area contributed by atoms with E-state index in [1.165, 1.54) is 12.8 Å². The molecule has 2 rings (SSSR count). The van der Waals surface area contributed by atoms with Crippen molar-refractivity contribution >= 4 is 12.2 Å². The van der Waals surface area contributed by atoms with Gasteiger partial charge < -0.3 is 4.74 Å². The fraction of sp³-hybridized carbons (Fsp3) is 0.529. The van der Waals surface area contributed by atoms with Gasteiger partial charge in [0.05, 0.1) is 6.61 Å². The first-order valence-corrected chi connectivity index (χ1v) is 7.54. The Morgan fingerprint density at radius 2 is 1.85 bits per heavy atom. The Kier molecular flexibility index (Phi) is 5.33. The van der Waals surface area contributed by atoms with Crippen LogP contribution in [-0.2, 0) is 9.53 Å². The van der Waals surface area contributed by atoms with Gasteiger partial charge in [-0.15, -0.1) is 0 Å². The average Bonchev–Trinajstić information content (AvgIpc) is 2.73. The molecule has 0 heterocycles. The lowest BCUT2D eigenvalue weighted by molar-refractivity contribution is -0.150. The maximum absolute atomic E-state index is 12.4. The number of carbonyl (C=O) groups excluding carboxylic acids is 1. The molecule has 108 valence electrons. The van der Waals surface area contributed by atoms with Crippen LogP contribution in [0.15, 0.2) is 35.3 Å². The number of hydrogen-bond donors (Lipinski definition) is 0. The van der Waals surface area contributed by atoms with Gasteiger partial charge in [0, 0.05) is 6.21 Å². The molecule has 1 aromatic rings. The summed E-state index contributed by atoms with van der Waals surface area (Å²) in [6.45, 7) is 2.27. The Bertz CT molecular complexity index is 445. The standard InChI is InChI=1S/C17H23NO2/c1-2-20-16(19)17(12-8-3-4-9-13-17)18-14-15-10-6-5-7-11-15/h5-7,10-11,14H,2-4,8-9,12-13H2,1H3. The lowest BCUT2D eigenvalue weighted by Gasteiger charge is -2.25. The molecule has 1 saturated carbocycles. The van der Waals surface area contributed by atoms with Crippen molar-refractivity contribution in [3.8, 4) is 0 Å². The molecule has 1 aliphatic rings. The Morgan fingerprint density at radius 3 is 2.45 bits per heavy atom. The number of ether oxygens (including phenoxy) is 1. The lowest BCUT2D eigenvalue weighted by Crippen LogP contribution is -2.38. The van der Waals surface area contributed by atoms with Crippen LogP contribution in [0.5, 0.6) is 0 Å². The maximum Gasteiger partial charge on any atom is 0.333 e. The quantitative estimate of drug-likeness (QED) is 0.476. The molecule has 1 aliphatic carbocycles. The zero-order valence-corrected chi connectivity index (χ0v) is 12.2. The minimum absolute atomic E-state index is 0.158. The largest absolute Gasteiger partial charge is 0.464 e. The van der Waals surface area contributed by atoms with Crippen molar-refractivity contribution in [2.24, 2.45) is 4.99 Å². The van der Waals surface area contributed by atoms with Crippen LogP contribution in [0.3, 0.4) is 0 Å². The van der Waals surface area contributed by atoms with Crippen molar-refractivity contribution < 1.29 is 9.53 Å². The van der Waals surface area contributed by atoms with Crippen LogP contribution in [-0.4, -0.2) is 24.3 Å². The Labute approximate surface area is 121 Å². The molecule has 0 radical (unpaired) electrons. The van der Waals surface area contributed by atoms with Crippen LogP contribution >= 0.6 is 0 Å². The van der Waals surface area contributed by atoms with Gasteiger partial charge >= 0.3 is 5.97 Å². The number of benzene rings is 1. The summed E-state index contributed by atoms with van der Waals surface area (Å²) in [5, 5.41) is 0. The number of esters is 1. The molecule has 0 aliphatic heterocycles. The number of carbonyl (C=O) groups is 1. The predicted octanol–water partition coefficient (Wildman–Crippen LogP) is 3.76. The molecule has 0 unspecified atom stereocenters. The molecule has 1 fully saturated rings. The molecule has 0 atom stereocenters. The summed E-state index contributed by atoms with van der Waals surface area (Å²) in [4.78, 5) is 17.0. The summed E-state index contributed by atoms with van der Waals surface area (Å²) in [6.07, 6.45) is 7.88. The molecule has 0 spiro atoms. The van der Waals surface area contributed by atoms with Crippen LogP contribution in [0.25, 0.3) is 0 Å². The van der Waals surface area contributed by atoms with Gasteiger partial charge in [-0.1, -0.05) is 56.0 Å². The van der Waals surface area contributed by atoms with Crippen LogP contribution in [0.1, 0.15) is 51.0 Å². The van der Waals surface area contributed by atoms with E-state index >= 15 is 0 Å². The second-order valence-electron chi connectivity index (χ2n) is 5.34. The Morgan fingerprint density at radius 1 is 1.20 bits per heavy atom. The van der Waals surface area contributed by atoms with Gasteiger partial charge in [-0.2, -0.15) is 0 Å². The fourth-order valence-electron chi connectivity index (χ4n) is 2.70. The lowest BCUT2D eigenvalue weighted by atomic mass is 9.91. The van der Waals surface area contributed by atoms with Crippen molar-refractivity contribution in [1.82, 2.24) is 0 Å². The first-order chi connectivity index (χ1) is 9.77. The van der Waals surface area contributed by atoms with Gasteiger partial charge in [-0.3, -0.25) is 4.99 Å². The van der Waals surface area contributed by atoms with Crippen LogP contribution in [0, 0.1) is 0 Å². The number of nitrogens with zero attached hydrogens (tertiary/aromatic N) is 1. The first-order valence-electron chi connectivity index (χ1n) is 7.54. The summed E-state index contributed by atoms with van der Waals surface area (Å²) in [7, 11) is 0. The van der Waals surface area contributed by atoms with E-state index in [0.717, 1.165) is 31.2 Å². The second-order valence-corrected chi connectivity index (χ2v) is 5.34. The smallest absolute Gasteiger partial charge is 0.333 e. The van der Waals surface area contributed by atoms with Crippen LogP contribution < -0.4 is 0 Å². The van der Waals surface area contributed by atoms with E-state index in [-0.39, 0.29) is 5.97 Å². The van der Waals surface area contributed by atoms with Crippen molar-refractivity contribution in [3.63, 3.8) is 0 Å².